The first-order valence-electron chi connectivity index (χ1n) is 8.76. The fraction of sp³-hybridized carbons (Fsp3) is 0.238. The first kappa shape index (κ1) is 20.5. The van der Waals surface area contributed by atoms with Gasteiger partial charge in [0.1, 0.15) is 13.2 Å². The van der Waals surface area contributed by atoms with E-state index in [4.69, 9.17) is 18.9 Å². The summed E-state index contributed by atoms with van der Waals surface area (Å²) in [6.45, 7) is -0.0968. The predicted molar refractivity (Wildman–Crippen MR) is 110 cm³/mol. The number of fused-ring (bicyclic) bond motifs is 1. The van der Waals surface area contributed by atoms with E-state index in [0.29, 0.717) is 17.2 Å². The highest BCUT2D eigenvalue weighted by Crippen LogP contribution is 2.38. The van der Waals surface area contributed by atoms with Crippen molar-refractivity contribution in [3.63, 3.8) is 0 Å². The van der Waals surface area contributed by atoms with Gasteiger partial charge in [-0.05, 0) is 29.0 Å². The average molecular weight is 415 g/mol. The normalized spacial score (nSPS) is 10.4. The molecule has 3 aromatic rings. The van der Waals surface area contributed by atoms with Crippen molar-refractivity contribution in [1.82, 2.24) is 5.32 Å². The zero-order valence-electron chi connectivity index (χ0n) is 16.3. The van der Waals surface area contributed by atoms with Crippen LogP contribution in [0.1, 0.15) is 15.9 Å². The Hall–Kier alpha value is -3.26. The predicted octanol–water partition coefficient (Wildman–Crippen LogP) is 3.40. The number of carbonyl (C=O) groups is 2. The zero-order chi connectivity index (χ0) is 20.8. The molecule has 0 bridgehead atoms. The largest absolute Gasteiger partial charge is 0.493 e. The van der Waals surface area contributed by atoms with Crippen LogP contribution in [0.3, 0.4) is 0 Å². The fourth-order valence-electron chi connectivity index (χ4n) is 2.82. The van der Waals surface area contributed by atoms with Crippen LogP contribution in [0.2, 0.25) is 0 Å². The van der Waals surface area contributed by atoms with Gasteiger partial charge >= 0.3 is 5.97 Å². The lowest BCUT2D eigenvalue weighted by Crippen LogP contribution is -2.30. The molecular weight excluding hydrogens is 394 g/mol. The third-order valence-electron chi connectivity index (χ3n) is 4.27. The molecule has 0 radical (unpaired) electrons. The lowest BCUT2D eigenvalue weighted by atomic mass is 10.1. The first-order chi connectivity index (χ1) is 14.1. The van der Waals surface area contributed by atoms with Gasteiger partial charge < -0.3 is 24.3 Å². The number of rotatable bonds is 8. The van der Waals surface area contributed by atoms with Crippen molar-refractivity contribution in [3.8, 4) is 17.2 Å². The van der Waals surface area contributed by atoms with Crippen LogP contribution in [0, 0.1) is 0 Å². The van der Waals surface area contributed by atoms with E-state index in [1.54, 1.807) is 11.3 Å². The summed E-state index contributed by atoms with van der Waals surface area (Å²) in [5.41, 5.74) is 1.21. The number of esters is 1. The number of benzene rings is 2. The van der Waals surface area contributed by atoms with Gasteiger partial charge in [-0.1, -0.05) is 18.2 Å². The van der Waals surface area contributed by atoms with E-state index in [0.717, 1.165) is 15.6 Å². The van der Waals surface area contributed by atoms with E-state index in [9.17, 15) is 9.59 Å². The molecule has 0 spiro atoms. The van der Waals surface area contributed by atoms with Gasteiger partial charge in [0, 0.05) is 15.8 Å². The highest BCUT2D eigenvalue weighted by molar-refractivity contribution is 7.17. The first-order valence-corrected chi connectivity index (χ1v) is 9.64. The monoisotopic (exact) mass is 415 g/mol. The van der Waals surface area contributed by atoms with Gasteiger partial charge in [0.05, 0.1) is 21.3 Å². The average Bonchev–Trinajstić information content (AvgIpc) is 3.17. The second kappa shape index (κ2) is 9.29. The minimum Gasteiger partial charge on any atom is -0.493 e. The number of hydrogen-bond donors (Lipinski definition) is 1. The lowest BCUT2D eigenvalue weighted by molar-refractivity contribution is -0.143. The summed E-state index contributed by atoms with van der Waals surface area (Å²) in [7, 11) is 4.40. The molecular formula is C21H21NO6S. The number of hydrogen-bond acceptors (Lipinski definition) is 7. The molecule has 3 rings (SSSR count). The Labute approximate surface area is 172 Å². The maximum Gasteiger partial charge on any atom is 0.325 e. The second-order valence-corrected chi connectivity index (χ2v) is 6.93. The SMILES string of the molecule is COc1cc(C(=O)NCC(=O)OCc2csc3ccccc23)cc(OC)c1OC. The van der Waals surface area contributed by atoms with Crippen LogP contribution in [-0.4, -0.2) is 39.8 Å². The molecule has 2 aromatic carbocycles. The molecule has 1 heterocycles. The smallest absolute Gasteiger partial charge is 0.325 e. The number of amides is 1. The van der Waals surface area contributed by atoms with Gasteiger partial charge in [0.2, 0.25) is 5.75 Å². The molecule has 0 aliphatic carbocycles. The number of thiophene rings is 1. The molecule has 1 N–H and O–H groups in total. The quantitative estimate of drug-likeness (QED) is 0.568. The van der Waals surface area contributed by atoms with Gasteiger partial charge in [0.25, 0.3) is 5.91 Å². The summed E-state index contributed by atoms with van der Waals surface area (Å²) < 4.78 is 22.1. The maximum atomic E-state index is 12.4. The second-order valence-electron chi connectivity index (χ2n) is 6.01. The molecule has 29 heavy (non-hydrogen) atoms. The third-order valence-corrected chi connectivity index (χ3v) is 5.28. The highest BCUT2D eigenvalue weighted by Gasteiger charge is 2.17. The van der Waals surface area contributed by atoms with Crippen LogP contribution >= 0.6 is 11.3 Å². The summed E-state index contributed by atoms with van der Waals surface area (Å²) in [5.74, 6) is 0.102. The van der Waals surface area contributed by atoms with Crippen LogP contribution in [0.4, 0.5) is 0 Å². The third kappa shape index (κ3) is 4.60. The summed E-state index contributed by atoms with van der Waals surface area (Å²) in [6, 6.07) is 10.9. The van der Waals surface area contributed by atoms with E-state index >= 15 is 0 Å². The molecule has 0 unspecified atom stereocenters. The van der Waals surface area contributed by atoms with Gasteiger partial charge in [0.15, 0.2) is 11.5 Å². The molecule has 8 heteroatoms. The van der Waals surface area contributed by atoms with Gasteiger partial charge in [-0.25, -0.2) is 0 Å². The molecule has 0 aliphatic heterocycles. The number of ether oxygens (including phenoxy) is 4. The van der Waals surface area contributed by atoms with Gasteiger partial charge in [-0.3, -0.25) is 9.59 Å². The molecule has 0 atom stereocenters. The lowest BCUT2D eigenvalue weighted by Gasteiger charge is -2.14. The molecule has 0 saturated heterocycles. The minimum atomic E-state index is -0.527. The summed E-state index contributed by atoms with van der Waals surface area (Å²) in [6.07, 6.45) is 0. The molecule has 1 amide bonds. The molecule has 0 fully saturated rings. The zero-order valence-corrected chi connectivity index (χ0v) is 17.1. The Morgan fingerprint density at radius 2 is 1.69 bits per heavy atom. The van der Waals surface area contributed by atoms with Crippen LogP contribution in [-0.2, 0) is 16.1 Å². The van der Waals surface area contributed by atoms with E-state index in [1.807, 2.05) is 29.6 Å². The molecule has 0 aliphatic rings. The molecule has 0 saturated carbocycles. The van der Waals surface area contributed by atoms with Crippen molar-refractivity contribution >= 4 is 33.3 Å². The van der Waals surface area contributed by atoms with Gasteiger partial charge in [-0.2, -0.15) is 0 Å². The van der Waals surface area contributed by atoms with E-state index in [2.05, 4.69) is 5.32 Å². The summed E-state index contributed by atoms with van der Waals surface area (Å²) in [4.78, 5) is 24.5. The van der Waals surface area contributed by atoms with Crippen molar-refractivity contribution in [2.45, 2.75) is 6.61 Å². The molecule has 7 nitrogen and oxygen atoms in total. The van der Waals surface area contributed by atoms with Crippen molar-refractivity contribution in [2.75, 3.05) is 27.9 Å². The Balaban J connectivity index is 1.59. The van der Waals surface area contributed by atoms with Crippen molar-refractivity contribution in [1.29, 1.82) is 0 Å². The number of methoxy groups -OCH3 is 3. The number of nitrogens with one attached hydrogen (secondary N) is 1. The minimum absolute atomic E-state index is 0.156. The topological polar surface area (TPSA) is 83.1 Å². The van der Waals surface area contributed by atoms with Crippen LogP contribution in [0.25, 0.3) is 10.1 Å². The Morgan fingerprint density at radius 1 is 1.00 bits per heavy atom. The van der Waals surface area contributed by atoms with Crippen LogP contribution in [0.5, 0.6) is 17.2 Å². The van der Waals surface area contributed by atoms with Crippen LogP contribution < -0.4 is 19.5 Å². The van der Waals surface area contributed by atoms with Gasteiger partial charge in [-0.15, -0.1) is 11.3 Å². The number of carbonyl (C=O) groups excluding carboxylic acids is 2. The maximum absolute atomic E-state index is 12.4. The summed E-state index contributed by atoms with van der Waals surface area (Å²) in [5, 5.41) is 5.57. The fourth-order valence-corrected chi connectivity index (χ4v) is 3.77. The van der Waals surface area contributed by atoms with E-state index in [-0.39, 0.29) is 18.7 Å². The van der Waals surface area contributed by atoms with Crippen LogP contribution in [0.15, 0.2) is 41.8 Å². The molecule has 1 aromatic heterocycles. The Bertz CT molecular complexity index is 1000. The Kier molecular flexibility index (Phi) is 6.56. The highest BCUT2D eigenvalue weighted by atomic mass is 32.1. The van der Waals surface area contributed by atoms with Crippen molar-refractivity contribution in [2.24, 2.45) is 0 Å². The van der Waals surface area contributed by atoms with E-state index < -0.39 is 11.9 Å². The van der Waals surface area contributed by atoms with E-state index in [1.165, 1.54) is 33.5 Å². The molecule has 152 valence electrons. The van der Waals surface area contributed by atoms with Crippen molar-refractivity contribution in [3.05, 3.63) is 52.9 Å². The summed E-state index contributed by atoms with van der Waals surface area (Å²) >= 11 is 1.60. The Morgan fingerprint density at radius 3 is 2.34 bits per heavy atom. The van der Waals surface area contributed by atoms with Crippen molar-refractivity contribution < 1.29 is 28.5 Å². The standard InChI is InChI=1S/C21H21NO6S/c1-25-16-8-13(9-17(26-2)20(16)27-3)21(24)22-10-19(23)28-11-14-12-29-18-7-5-4-6-15(14)18/h4-9,12H,10-11H2,1-3H3,(H,22,24).